The number of amides is 1. The van der Waals surface area contributed by atoms with Crippen LogP contribution in [0.2, 0.25) is 0 Å². The van der Waals surface area contributed by atoms with E-state index in [1.54, 1.807) is 19.1 Å². The van der Waals surface area contributed by atoms with Gasteiger partial charge in [0.25, 0.3) is 0 Å². The van der Waals surface area contributed by atoms with Crippen LogP contribution in [0.5, 0.6) is 5.75 Å². The number of rotatable bonds is 6. The van der Waals surface area contributed by atoms with Crippen LogP contribution in [0.25, 0.3) is 0 Å². The molecule has 1 amide bonds. The summed E-state index contributed by atoms with van der Waals surface area (Å²) in [5.74, 6) is -0.138. The fourth-order valence-corrected chi connectivity index (χ4v) is 7.23. The van der Waals surface area contributed by atoms with Crippen molar-refractivity contribution in [2.24, 2.45) is 0 Å². The first-order valence-electron chi connectivity index (χ1n) is 13.3. The van der Waals surface area contributed by atoms with Gasteiger partial charge in [-0.25, -0.2) is 4.79 Å². The van der Waals surface area contributed by atoms with Gasteiger partial charge in [-0.05, 0) is 57.7 Å². The number of ether oxygens (including phenoxy) is 5. The van der Waals surface area contributed by atoms with Gasteiger partial charge in [-0.2, -0.15) is 0 Å². The third-order valence-corrected chi connectivity index (χ3v) is 9.24. The molecular formula is C28H41BrN2O7. The fraction of sp³-hybridized carbons (Fsp3) is 0.714. The maximum Gasteiger partial charge on any atom is 0.410 e. The molecule has 0 N–H and O–H groups in total. The minimum Gasteiger partial charge on any atom is -0.497 e. The van der Waals surface area contributed by atoms with Crippen LogP contribution in [0.4, 0.5) is 4.79 Å². The van der Waals surface area contributed by atoms with Crippen molar-refractivity contribution in [3.63, 3.8) is 0 Å². The summed E-state index contributed by atoms with van der Waals surface area (Å²) < 4.78 is 28.4. The molecule has 212 valence electrons. The van der Waals surface area contributed by atoms with E-state index in [4.69, 9.17) is 23.7 Å². The first kappa shape index (κ1) is 29.1. The van der Waals surface area contributed by atoms with Gasteiger partial charge in [-0.15, -0.1) is 0 Å². The predicted molar refractivity (Wildman–Crippen MR) is 146 cm³/mol. The average Bonchev–Trinajstić information content (AvgIpc) is 3.49. The molecule has 10 heteroatoms. The Hall–Kier alpha value is -1.88. The van der Waals surface area contributed by atoms with Crippen molar-refractivity contribution in [2.75, 3.05) is 41.0 Å². The molecule has 4 rings (SSSR count). The number of hydrogen-bond acceptors (Lipinski definition) is 8. The zero-order valence-electron chi connectivity index (χ0n) is 23.3. The monoisotopic (exact) mass is 596 g/mol. The first-order chi connectivity index (χ1) is 17.9. The lowest BCUT2D eigenvalue weighted by Gasteiger charge is -2.51. The van der Waals surface area contributed by atoms with E-state index in [-0.39, 0.29) is 22.9 Å². The molecule has 0 unspecified atom stereocenters. The zero-order chi connectivity index (χ0) is 27.7. The van der Waals surface area contributed by atoms with Gasteiger partial charge < -0.3 is 28.6 Å². The second-order valence-electron chi connectivity index (χ2n) is 11.6. The van der Waals surface area contributed by atoms with Crippen LogP contribution < -0.4 is 4.74 Å². The predicted octanol–water partition coefficient (Wildman–Crippen LogP) is 4.15. The molecule has 9 nitrogen and oxygen atoms in total. The Kier molecular flexibility index (Phi) is 8.67. The Labute approximate surface area is 234 Å². The molecule has 0 radical (unpaired) electrons. The molecule has 1 aromatic carbocycles. The molecule has 0 aromatic heterocycles. The van der Waals surface area contributed by atoms with Gasteiger partial charge in [-0.3, -0.25) is 9.69 Å². The van der Waals surface area contributed by atoms with Crippen molar-refractivity contribution >= 4 is 28.0 Å². The minimum absolute atomic E-state index is 0.0260. The van der Waals surface area contributed by atoms with Crippen molar-refractivity contribution in [3.8, 4) is 5.75 Å². The van der Waals surface area contributed by atoms with E-state index in [0.29, 0.717) is 45.4 Å². The lowest BCUT2D eigenvalue weighted by atomic mass is 9.75. The molecule has 2 spiro atoms. The number of hydrogen-bond donors (Lipinski definition) is 0. The van der Waals surface area contributed by atoms with Crippen molar-refractivity contribution in [3.05, 3.63) is 29.8 Å². The molecule has 3 fully saturated rings. The van der Waals surface area contributed by atoms with E-state index >= 15 is 0 Å². The molecule has 0 bridgehead atoms. The highest BCUT2D eigenvalue weighted by Crippen LogP contribution is 2.52. The summed E-state index contributed by atoms with van der Waals surface area (Å²) in [5, 5.41) is 0. The molecule has 1 aromatic rings. The smallest absolute Gasteiger partial charge is 0.410 e. The van der Waals surface area contributed by atoms with E-state index in [1.807, 2.05) is 45.0 Å². The van der Waals surface area contributed by atoms with Gasteiger partial charge in [0.1, 0.15) is 17.4 Å². The largest absolute Gasteiger partial charge is 0.497 e. The lowest BCUT2D eigenvalue weighted by Crippen LogP contribution is -2.62. The molecule has 2 saturated heterocycles. The van der Waals surface area contributed by atoms with Crippen molar-refractivity contribution in [1.29, 1.82) is 0 Å². The summed E-state index contributed by atoms with van der Waals surface area (Å²) >= 11 is 4.00. The third-order valence-electron chi connectivity index (χ3n) is 8.06. The molecule has 38 heavy (non-hydrogen) atoms. The Morgan fingerprint density at radius 3 is 2.34 bits per heavy atom. The zero-order valence-corrected chi connectivity index (χ0v) is 24.9. The second kappa shape index (κ2) is 11.3. The molecular weight excluding hydrogens is 556 g/mol. The third kappa shape index (κ3) is 5.98. The number of methoxy groups -OCH3 is 2. The summed E-state index contributed by atoms with van der Waals surface area (Å²) in [5.41, 5.74) is -0.00945. The molecule has 4 atom stereocenters. The summed E-state index contributed by atoms with van der Waals surface area (Å²) in [4.78, 5) is 30.3. The van der Waals surface area contributed by atoms with Crippen LogP contribution >= 0.6 is 15.9 Å². The molecule has 3 aliphatic rings. The van der Waals surface area contributed by atoms with Crippen molar-refractivity contribution < 1.29 is 33.3 Å². The Morgan fingerprint density at radius 1 is 1.13 bits per heavy atom. The molecule has 1 aliphatic carbocycles. The standard InChI is InChI=1S/C28H41BrN2O7/c1-26(2,3)38-25(33)30(4)20-16-27(11-12-28(17-23(27)29)36-13-14-37-28)31(18-20)22(24(32)35-6)15-19-7-9-21(34-5)10-8-19/h7-10,20,22-23H,11-18H2,1-6H3/t20-,22-,23-,27-/m0/s1. The topological polar surface area (TPSA) is 86.8 Å². The van der Waals surface area contributed by atoms with E-state index < -0.39 is 23.0 Å². The number of benzene rings is 1. The van der Waals surface area contributed by atoms with Crippen molar-refractivity contribution in [2.45, 2.75) is 86.7 Å². The van der Waals surface area contributed by atoms with E-state index in [9.17, 15) is 9.59 Å². The Morgan fingerprint density at radius 2 is 1.79 bits per heavy atom. The number of esters is 1. The Balaban J connectivity index is 1.66. The maximum atomic E-state index is 13.3. The number of carbonyl (C=O) groups is 2. The number of halogens is 1. The quantitative estimate of drug-likeness (QED) is 0.357. The number of likely N-dealkylation sites (N-methyl/N-ethyl adjacent to an activating group) is 1. The Bertz CT molecular complexity index is 992. The number of carbonyl (C=O) groups excluding carboxylic acids is 2. The van der Waals surface area contributed by atoms with Crippen LogP contribution in [0.3, 0.4) is 0 Å². The summed E-state index contributed by atoms with van der Waals surface area (Å²) in [6, 6.07) is 7.06. The number of nitrogens with zero attached hydrogens (tertiary/aromatic N) is 2. The second-order valence-corrected chi connectivity index (χ2v) is 12.7. The van der Waals surface area contributed by atoms with Gasteiger partial charge >= 0.3 is 12.1 Å². The SMILES string of the molecule is COC(=O)[C@H](Cc1ccc(OC)cc1)N1C[C@@H](N(C)C(=O)OC(C)(C)C)C[C@]12CCC1(C[C@@H]2Br)OCCO1. The van der Waals surface area contributed by atoms with Crippen LogP contribution in [0.1, 0.15) is 52.0 Å². The summed E-state index contributed by atoms with van der Waals surface area (Å²) in [6.45, 7) is 7.27. The fourth-order valence-electron chi connectivity index (χ4n) is 6.06. The van der Waals surface area contributed by atoms with Gasteiger partial charge in [0.2, 0.25) is 0 Å². The average molecular weight is 598 g/mol. The van der Waals surface area contributed by atoms with Gasteiger partial charge in [-0.1, -0.05) is 28.1 Å². The lowest BCUT2D eigenvalue weighted by molar-refractivity contribution is -0.192. The molecule has 2 aliphatic heterocycles. The van der Waals surface area contributed by atoms with Gasteiger partial charge in [0.15, 0.2) is 5.79 Å². The van der Waals surface area contributed by atoms with Gasteiger partial charge in [0, 0.05) is 42.8 Å². The van der Waals surface area contributed by atoms with Crippen LogP contribution in [0.15, 0.2) is 24.3 Å². The van der Waals surface area contributed by atoms with E-state index in [1.165, 1.54) is 7.11 Å². The van der Waals surface area contributed by atoms with Crippen LogP contribution in [-0.4, -0.2) is 96.7 Å². The number of likely N-dealkylation sites (tertiary alicyclic amines) is 1. The van der Waals surface area contributed by atoms with Crippen LogP contribution in [0, 0.1) is 0 Å². The highest BCUT2D eigenvalue weighted by molar-refractivity contribution is 9.09. The van der Waals surface area contributed by atoms with Crippen LogP contribution in [-0.2, 0) is 30.2 Å². The normalized spacial score (nSPS) is 27.9. The minimum atomic E-state index is -0.601. The molecule has 1 saturated carbocycles. The van der Waals surface area contributed by atoms with Crippen molar-refractivity contribution in [1.82, 2.24) is 9.80 Å². The van der Waals surface area contributed by atoms with Gasteiger partial charge in [0.05, 0.1) is 27.4 Å². The summed E-state index contributed by atoms with van der Waals surface area (Å²) in [6.07, 6.45) is 2.90. The first-order valence-corrected chi connectivity index (χ1v) is 14.2. The number of alkyl halides is 1. The maximum absolute atomic E-state index is 13.3. The highest BCUT2D eigenvalue weighted by atomic mass is 79.9. The summed E-state index contributed by atoms with van der Waals surface area (Å²) in [7, 11) is 4.84. The molecule has 2 heterocycles. The van der Waals surface area contributed by atoms with E-state index in [2.05, 4.69) is 20.8 Å². The highest BCUT2D eigenvalue weighted by Gasteiger charge is 2.60. The van der Waals surface area contributed by atoms with E-state index in [0.717, 1.165) is 17.7 Å².